The van der Waals surface area contributed by atoms with Gasteiger partial charge in [0.2, 0.25) is 0 Å². The molecule has 0 saturated heterocycles. The van der Waals surface area contributed by atoms with Gasteiger partial charge in [-0.3, -0.25) is 0 Å². The Morgan fingerprint density at radius 2 is 2.22 bits per heavy atom. The van der Waals surface area contributed by atoms with Crippen molar-refractivity contribution in [1.29, 1.82) is 0 Å². The molecular weight excluding hydrogens is 290 g/mol. The summed E-state index contributed by atoms with van der Waals surface area (Å²) in [7, 11) is 0. The van der Waals surface area contributed by atoms with Crippen LogP contribution in [-0.4, -0.2) is 12.6 Å². The molecule has 3 heteroatoms. The van der Waals surface area contributed by atoms with E-state index in [1.165, 1.54) is 5.56 Å². The van der Waals surface area contributed by atoms with E-state index < -0.39 is 0 Å². The Labute approximate surface area is 118 Å². The zero-order valence-corrected chi connectivity index (χ0v) is 12.8. The molecule has 1 aromatic carbocycles. The standard InChI is InChI=1S/C15H22BrNO/c1-4-13(17)10-12-6-5-7-14(16)15(12)18-9-8-11(2)3/h5-7,13H,2,4,8-10,17H2,1,3H3. The molecule has 0 bridgehead atoms. The summed E-state index contributed by atoms with van der Waals surface area (Å²) in [5.41, 5.74) is 8.32. The third kappa shape index (κ3) is 4.83. The van der Waals surface area contributed by atoms with Crippen molar-refractivity contribution in [1.82, 2.24) is 0 Å². The van der Waals surface area contributed by atoms with Crippen LogP contribution in [-0.2, 0) is 6.42 Å². The molecule has 0 aliphatic carbocycles. The van der Waals surface area contributed by atoms with Gasteiger partial charge in [0.05, 0.1) is 11.1 Å². The molecule has 0 amide bonds. The Balaban J connectivity index is 2.76. The molecule has 0 fully saturated rings. The number of ether oxygens (including phenoxy) is 1. The van der Waals surface area contributed by atoms with E-state index in [0.717, 1.165) is 35.1 Å². The molecule has 0 aliphatic heterocycles. The summed E-state index contributed by atoms with van der Waals surface area (Å²) in [6, 6.07) is 6.28. The Kier molecular flexibility index (Phi) is 6.44. The van der Waals surface area contributed by atoms with Crippen LogP contribution < -0.4 is 10.5 Å². The lowest BCUT2D eigenvalue weighted by molar-refractivity contribution is 0.315. The first kappa shape index (κ1) is 15.3. The number of hydrogen-bond acceptors (Lipinski definition) is 2. The van der Waals surface area contributed by atoms with Crippen LogP contribution in [0.25, 0.3) is 0 Å². The second-order valence-electron chi connectivity index (χ2n) is 4.66. The molecule has 0 saturated carbocycles. The zero-order chi connectivity index (χ0) is 13.5. The fourth-order valence-corrected chi connectivity index (χ4v) is 2.15. The highest BCUT2D eigenvalue weighted by Crippen LogP contribution is 2.30. The molecular formula is C15H22BrNO. The van der Waals surface area contributed by atoms with Crippen LogP contribution in [0.1, 0.15) is 32.3 Å². The number of rotatable bonds is 7. The normalized spacial score (nSPS) is 12.2. The summed E-state index contributed by atoms with van der Waals surface area (Å²) in [5, 5.41) is 0. The van der Waals surface area contributed by atoms with Crippen molar-refractivity contribution in [2.45, 2.75) is 39.2 Å². The van der Waals surface area contributed by atoms with Gasteiger partial charge in [0.1, 0.15) is 5.75 Å². The van der Waals surface area contributed by atoms with E-state index >= 15 is 0 Å². The van der Waals surface area contributed by atoms with Gasteiger partial charge >= 0.3 is 0 Å². The van der Waals surface area contributed by atoms with Gasteiger partial charge < -0.3 is 10.5 Å². The minimum Gasteiger partial charge on any atom is -0.492 e. The SMILES string of the molecule is C=C(C)CCOc1c(Br)cccc1CC(N)CC. The minimum atomic E-state index is 0.183. The van der Waals surface area contributed by atoms with Crippen molar-refractivity contribution in [3.05, 3.63) is 40.4 Å². The fourth-order valence-electron chi connectivity index (χ4n) is 1.63. The Hall–Kier alpha value is -0.800. The lowest BCUT2D eigenvalue weighted by atomic mass is 10.0. The summed E-state index contributed by atoms with van der Waals surface area (Å²) in [6.45, 7) is 8.65. The number of benzene rings is 1. The largest absolute Gasteiger partial charge is 0.492 e. The Morgan fingerprint density at radius 1 is 1.50 bits per heavy atom. The predicted octanol–water partition coefficient (Wildman–Crippen LogP) is 4.07. The first-order valence-electron chi connectivity index (χ1n) is 6.34. The molecule has 1 rings (SSSR count). The molecule has 100 valence electrons. The summed E-state index contributed by atoms with van der Waals surface area (Å²) < 4.78 is 6.85. The summed E-state index contributed by atoms with van der Waals surface area (Å²) >= 11 is 3.54. The van der Waals surface area contributed by atoms with Crippen LogP contribution in [0.15, 0.2) is 34.8 Å². The molecule has 0 heterocycles. The quantitative estimate of drug-likeness (QED) is 0.770. The van der Waals surface area contributed by atoms with Crippen molar-refractivity contribution < 1.29 is 4.74 Å². The topological polar surface area (TPSA) is 35.2 Å². The van der Waals surface area contributed by atoms with E-state index in [0.29, 0.717) is 6.61 Å². The molecule has 1 atom stereocenters. The molecule has 0 aromatic heterocycles. The summed E-state index contributed by atoms with van der Waals surface area (Å²) in [5.74, 6) is 0.919. The third-order valence-corrected chi connectivity index (χ3v) is 3.45. The Morgan fingerprint density at radius 3 is 2.83 bits per heavy atom. The van der Waals surface area contributed by atoms with Gasteiger partial charge in [-0.15, -0.1) is 6.58 Å². The monoisotopic (exact) mass is 311 g/mol. The third-order valence-electron chi connectivity index (χ3n) is 2.83. The first-order valence-corrected chi connectivity index (χ1v) is 7.14. The van der Waals surface area contributed by atoms with Crippen LogP contribution in [0.5, 0.6) is 5.75 Å². The van der Waals surface area contributed by atoms with E-state index in [4.69, 9.17) is 10.5 Å². The van der Waals surface area contributed by atoms with Crippen molar-refractivity contribution in [3.63, 3.8) is 0 Å². The second kappa shape index (κ2) is 7.59. The number of nitrogens with two attached hydrogens (primary N) is 1. The van der Waals surface area contributed by atoms with E-state index in [2.05, 4.69) is 35.5 Å². The highest BCUT2D eigenvalue weighted by molar-refractivity contribution is 9.10. The zero-order valence-electron chi connectivity index (χ0n) is 11.2. The van der Waals surface area contributed by atoms with Gasteiger partial charge in [-0.25, -0.2) is 0 Å². The van der Waals surface area contributed by atoms with E-state index in [-0.39, 0.29) is 6.04 Å². The van der Waals surface area contributed by atoms with Crippen molar-refractivity contribution in [2.75, 3.05) is 6.61 Å². The Bertz CT molecular complexity index is 403. The molecule has 0 spiro atoms. The van der Waals surface area contributed by atoms with E-state index in [1.807, 2.05) is 19.1 Å². The summed E-state index contributed by atoms with van der Waals surface area (Å²) in [4.78, 5) is 0. The lowest BCUT2D eigenvalue weighted by Crippen LogP contribution is -2.21. The molecule has 0 aliphatic rings. The maximum atomic E-state index is 6.02. The fraction of sp³-hybridized carbons (Fsp3) is 0.467. The number of halogens is 1. The van der Waals surface area contributed by atoms with Gasteiger partial charge in [-0.1, -0.05) is 24.6 Å². The van der Waals surface area contributed by atoms with Crippen LogP contribution in [0, 0.1) is 0 Å². The molecule has 0 radical (unpaired) electrons. The highest BCUT2D eigenvalue weighted by atomic mass is 79.9. The summed E-state index contributed by atoms with van der Waals surface area (Å²) in [6.07, 6.45) is 2.69. The van der Waals surface area contributed by atoms with Crippen LogP contribution in [0.4, 0.5) is 0 Å². The van der Waals surface area contributed by atoms with E-state index in [1.54, 1.807) is 0 Å². The highest BCUT2D eigenvalue weighted by Gasteiger charge is 2.11. The maximum Gasteiger partial charge on any atom is 0.136 e. The first-order chi connectivity index (χ1) is 8.54. The van der Waals surface area contributed by atoms with Crippen molar-refractivity contribution >= 4 is 15.9 Å². The molecule has 18 heavy (non-hydrogen) atoms. The molecule has 2 N–H and O–H groups in total. The molecule has 2 nitrogen and oxygen atoms in total. The maximum absolute atomic E-state index is 6.02. The van der Waals surface area contributed by atoms with Crippen LogP contribution >= 0.6 is 15.9 Å². The van der Waals surface area contributed by atoms with Gasteiger partial charge in [-0.05, 0) is 47.3 Å². The smallest absolute Gasteiger partial charge is 0.136 e. The van der Waals surface area contributed by atoms with Crippen molar-refractivity contribution in [3.8, 4) is 5.75 Å². The second-order valence-corrected chi connectivity index (χ2v) is 5.51. The van der Waals surface area contributed by atoms with Gasteiger partial charge in [0.15, 0.2) is 0 Å². The predicted molar refractivity (Wildman–Crippen MR) is 81.0 cm³/mol. The number of hydrogen-bond donors (Lipinski definition) is 1. The molecule has 1 unspecified atom stereocenters. The van der Waals surface area contributed by atoms with Gasteiger partial charge in [0.25, 0.3) is 0 Å². The van der Waals surface area contributed by atoms with Crippen molar-refractivity contribution in [2.24, 2.45) is 5.73 Å². The van der Waals surface area contributed by atoms with Gasteiger partial charge in [0, 0.05) is 12.5 Å². The molecule has 1 aromatic rings. The van der Waals surface area contributed by atoms with Crippen LogP contribution in [0.3, 0.4) is 0 Å². The van der Waals surface area contributed by atoms with Gasteiger partial charge in [-0.2, -0.15) is 0 Å². The van der Waals surface area contributed by atoms with E-state index in [9.17, 15) is 0 Å². The average molecular weight is 312 g/mol. The average Bonchev–Trinajstić information content (AvgIpc) is 2.32. The van der Waals surface area contributed by atoms with Crippen LogP contribution in [0.2, 0.25) is 0 Å². The minimum absolute atomic E-state index is 0.183. The lowest BCUT2D eigenvalue weighted by Gasteiger charge is -2.16. The number of para-hydroxylation sites is 1.